The van der Waals surface area contributed by atoms with Gasteiger partial charge in [0.1, 0.15) is 0 Å². The summed E-state index contributed by atoms with van der Waals surface area (Å²) in [5, 5.41) is 9.88. The summed E-state index contributed by atoms with van der Waals surface area (Å²) < 4.78 is 3.23. The SMILES string of the molecule is CCCSc1nnc(-c2ccc(Br)cc2)n1-c1cc(C)cc(C)c1. The summed E-state index contributed by atoms with van der Waals surface area (Å²) in [5.41, 5.74) is 4.67. The molecule has 1 heterocycles. The van der Waals surface area contributed by atoms with Crippen molar-refractivity contribution in [1.29, 1.82) is 0 Å². The van der Waals surface area contributed by atoms with Crippen molar-refractivity contribution in [3.63, 3.8) is 0 Å². The second-order valence-corrected chi connectivity index (χ2v) is 7.82. The van der Waals surface area contributed by atoms with Crippen molar-refractivity contribution < 1.29 is 0 Å². The fourth-order valence-corrected chi connectivity index (χ4v) is 3.73. The van der Waals surface area contributed by atoms with Gasteiger partial charge in [0.05, 0.1) is 5.69 Å². The Bertz CT molecular complexity index is 820. The van der Waals surface area contributed by atoms with Crippen molar-refractivity contribution >= 4 is 27.7 Å². The van der Waals surface area contributed by atoms with Gasteiger partial charge in [0.2, 0.25) is 0 Å². The molecule has 2 aromatic carbocycles. The molecule has 0 unspecified atom stereocenters. The third-order valence-corrected chi connectivity index (χ3v) is 5.30. The van der Waals surface area contributed by atoms with Gasteiger partial charge in [0.15, 0.2) is 11.0 Å². The van der Waals surface area contributed by atoms with Crippen molar-refractivity contribution in [2.24, 2.45) is 0 Å². The number of aromatic nitrogens is 3. The Morgan fingerprint density at radius 1 is 1.00 bits per heavy atom. The van der Waals surface area contributed by atoms with Crippen molar-refractivity contribution in [3.05, 3.63) is 58.1 Å². The molecule has 1 aromatic heterocycles. The monoisotopic (exact) mass is 401 g/mol. The molecular formula is C19H20BrN3S. The Morgan fingerprint density at radius 2 is 1.67 bits per heavy atom. The quantitative estimate of drug-likeness (QED) is 0.504. The van der Waals surface area contributed by atoms with Gasteiger partial charge in [-0.05, 0) is 55.7 Å². The number of hydrogen-bond donors (Lipinski definition) is 0. The van der Waals surface area contributed by atoms with Crippen LogP contribution in [-0.4, -0.2) is 20.5 Å². The first kappa shape index (κ1) is 17.2. The number of benzene rings is 2. The maximum Gasteiger partial charge on any atom is 0.196 e. The van der Waals surface area contributed by atoms with Crippen LogP contribution in [0.4, 0.5) is 0 Å². The number of aryl methyl sites for hydroxylation is 2. The number of nitrogens with zero attached hydrogens (tertiary/aromatic N) is 3. The zero-order valence-electron chi connectivity index (χ0n) is 14.1. The first-order valence-corrected chi connectivity index (χ1v) is 9.79. The zero-order chi connectivity index (χ0) is 17.1. The Balaban J connectivity index is 2.16. The standard InChI is InChI=1S/C19H20BrN3S/c1-4-9-24-19-22-21-18(15-5-7-16(20)8-6-15)23(19)17-11-13(2)10-14(3)12-17/h5-8,10-12H,4,9H2,1-3H3. The van der Waals surface area contributed by atoms with Crippen LogP contribution in [0.5, 0.6) is 0 Å². The van der Waals surface area contributed by atoms with Gasteiger partial charge in [-0.25, -0.2) is 0 Å². The summed E-state index contributed by atoms with van der Waals surface area (Å²) in [7, 11) is 0. The van der Waals surface area contributed by atoms with Crippen LogP contribution in [-0.2, 0) is 0 Å². The summed E-state index contributed by atoms with van der Waals surface area (Å²) in [6.07, 6.45) is 1.11. The molecule has 0 aliphatic carbocycles. The van der Waals surface area contributed by atoms with E-state index in [9.17, 15) is 0 Å². The van der Waals surface area contributed by atoms with E-state index in [2.05, 4.69) is 81.8 Å². The maximum absolute atomic E-state index is 4.48. The van der Waals surface area contributed by atoms with Gasteiger partial charge in [-0.1, -0.05) is 52.8 Å². The van der Waals surface area contributed by atoms with E-state index >= 15 is 0 Å². The van der Waals surface area contributed by atoms with Crippen molar-refractivity contribution in [3.8, 4) is 17.1 Å². The maximum atomic E-state index is 4.48. The lowest BCUT2D eigenvalue weighted by Crippen LogP contribution is -2.01. The van der Waals surface area contributed by atoms with E-state index in [1.807, 2.05) is 12.1 Å². The predicted molar refractivity (Wildman–Crippen MR) is 105 cm³/mol. The van der Waals surface area contributed by atoms with E-state index in [0.717, 1.165) is 38.9 Å². The second kappa shape index (κ2) is 7.53. The van der Waals surface area contributed by atoms with E-state index in [4.69, 9.17) is 0 Å². The molecule has 0 atom stereocenters. The van der Waals surface area contributed by atoms with Crippen LogP contribution >= 0.6 is 27.7 Å². The van der Waals surface area contributed by atoms with Gasteiger partial charge < -0.3 is 0 Å². The second-order valence-electron chi connectivity index (χ2n) is 5.84. The fraction of sp³-hybridized carbons (Fsp3) is 0.263. The molecule has 24 heavy (non-hydrogen) atoms. The van der Waals surface area contributed by atoms with E-state index in [1.54, 1.807) is 11.8 Å². The van der Waals surface area contributed by atoms with Crippen LogP contribution in [0.2, 0.25) is 0 Å². The van der Waals surface area contributed by atoms with Crippen molar-refractivity contribution in [1.82, 2.24) is 14.8 Å². The average molecular weight is 402 g/mol. The van der Waals surface area contributed by atoms with Gasteiger partial charge >= 0.3 is 0 Å². The van der Waals surface area contributed by atoms with Gasteiger partial charge in [0.25, 0.3) is 0 Å². The highest BCUT2D eigenvalue weighted by molar-refractivity contribution is 9.10. The van der Waals surface area contributed by atoms with Gasteiger partial charge in [-0.3, -0.25) is 4.57 Å². The molecule has 0 bridgehead atoms. The van der Waals surface area contributed by atoms with E-state index in [-0.39, 0.29) is 0 Å². The van der Waals surface area contributed by atoms with Crippen LogP contribution < -0.4 is 0 Å². The lowest BCUT2D eigenvalue weighted by atomic mass is 10.1. The molecule has 3 rings (SSSR count). The van der Waals surface area contributed by atoms with Crippen molar-refractivity contribution in [2.45, 2.75) is 32.3 Å². The summed E-state index contributed by atoms with van der Waals surface area (Å²) >= 11 is 5.25. The Labute approximate surface area is 155 Å². The minimum atomic E-state index is 0.881. The van der Waals surface area contributed by atoms with Gasteiger partial charge in [-0.2, -0.15) is 0 Å². The largest absolute Gasteiger partial charge is 0.270 e. The number of rotatable bonds is 5. The molecule has 0 saturated heterocycles. The lowest BCUT2D eigenvalue weighted by molar-refractivity contribution is 0.882. The molecule has 0 N–H and O–H groups in total. The Kier molecular flexibility index (Phi) is 5.41. The first-order valence-electron chi connectivity index (χ1n) is 8.01. The van der Waals surface area contributed by atoms with Crippen LogP contribution in [0.25, 0.3) is 17.1 Å². The van der Waals surface area contributed by atoms with Crippen molar-refractivity contribution in [2.75, 3.05) is 5.75 Å². The topological polar surface area (TPSA) is 30.7 Å². The zero-order valence-corrected chi connectivity index (χ0v) is 16.5. The minimum absolute atomic E-state index is 0.881. The highest BCUT2D eigenvalue weighted by Crippen LogP contribution is 2.29. The van der Waals surface area contributed by atoms with Crippen LogP contribution in [0.15, 0.2) is 52.1 Å². The minimum Gasteiger partial charge on any atom is -0.270 e. The van der Waals surface area contributed by atoms with Crippen LogP contribution in [0, 0.1) is 13.8 Å². The summed E-state index contributed by atoms with van der Waals surface area (Å²) in [4.78, 5) is 0. The molecule has 0 saturated carbocycles. The predicted octanol–water partition coefficient (Wildman–Crippen LogP) is 5.82. The normalized spacial score (nSPS) is 11.0. The highest BCUT2D eigenvalue weighted by Gasteiger charge is 2.16. The highest BCUT2D eigenvalue weighted by atomic mass is 79.9. The third-order valence-electron chi connectivity index (χ3n) is 3.64. The Morgan fingerprint density at radius 3 is 2.29 bits per heavy atom. The average Bonchev–Trinajstić information content (AvgIpc) is 2.96. The van der Waals surface area contributed by atoms with Crippen LogP contribution in [0.3, 0.4) is 0 Å². The molecule has 0 amide bonds. The summed E-state index contributed by atoms with van der Waals surface area (Å²) in [5.74, 6) is 1.91. The number of thioether (sulfide) groups is 1. The fourth-order valence-electron chi connectivity index (χ4n) is 2.66. The molecule has 0 aliphatic heterocycles. The molecule has 0 radical (unpaired) electrons. The molecule has 3 aromatic rings. The molecular weight excluding hydrogens is 382 g/mol. The first-order chi connectivity index (χ1) is 11.6. The molecule has 0 aliphatic rings. The van der Waals surface area contributed by atoms with Gasteiger partial charge in [-0.15, -0.1) is 10.2 Å². The van der Waals surface area contributed by atoms with E-state index in [0.29, 0.717) is 0 Å². The third kappa shape index (κ3) is 3.73. The molecule has 0 fully saturated rings. The van der Waals surface area contributed by atoms with E-state index < -0.39 is 0 Å². The molecule has 0 spiro atoms. The smallest absolute Gasteiger partial charge is 0.196 e. The Hall–Kier alpha value is -1.59. The molecule has 5 heteroatoms. The van der Waals surface area contributed by atoms with Crippen LogP contribution in [0.1, 0.15) is 24.5 Å². The number of hydrogen-bond acceptors (Lipinski definition) is 3. The number of halogens is 1. The molecule has 124 valence electrons. The molecule has 3 nitrogen and oxygen atoms in total. The van der Waals surface area contributed by atoms with E-state index in [1.165, 1.54) is 11.1 Å². The lowest BCUT2D eigenvalue weighted by Gasteiger charge is -2.12. The summed E-state index contributed by atoms with van der Waals surface area (Å²) in [6, 6.07) is 14.8. The van der Waals surface area contributed by atoms with Gasteiger partial charge in [0, 0.05) is 15.8 Å². The summed E-state index contributed by atoms with van der Waals surface area (Å²) in [6.45, 7) is 6.43.